The molecule has 0 amide bonds. The number of hydrogen-bond donors (Lipinski definition) is 0. The summed E-state index contributed by atoms with van der Waals surface area (Å²) in [7, 11) is -8.04. The van der Waals surface area contributed by atoms with Gasteiger partial charge < -0.3 is 4.74 Å². The number of epoxide rings is 1. The van der Waals surface area contributed by atoms with E-state index in [2.05, 4.69) is 26.0 Å². The molecule has 5 nitrogen and oxygen atoms in total. The summed E-state index contributed by atoms with van der Waals surface area (Å²) in [5.74, 6) is -1.10. The van der Waals surface area contributed by atoms with E-state index in [0.29, 0.717) is 0 Å². The molecule has 7 rings (SSSR count). The molecule has 0 N–H and O–H groups in total. The van der Waals surface area contributed by atoms with E-state index in [-0.39, 0.29) is 21.6 Å². The SMILES string of the molecule is CC(C)=C1[C@H]2C=C[C@H]1[C@@]13O[C@@]21[C@H]1C(=C(C)C)[C@H]3[C@@H](S(=O)(=O)c2ccccc2)[C@H]1S(=O)(=O)c1ccccc1. The number of hydrogen-bond acceptors (Lipinski definition) is 5. The fourth-order valence-corrected chi connectivity index (χ4v) is 13.6. The zero-order valence-corrected chi connectivity index (χ0v) is 22.9. The average Bonchev–Trinajstić information content (AvgIpc) is 3.16. The summed E-state index contributed by atoms with van der Waals surface area (Å²) in [5.41, 5.74) is 3.06. The zero-order valence-electron chi connectivity index (χ0n) is 21.3. The van der Waals surface area contributed by atoms with Crippen LogP contribution in [-0.4, -0.2) is 38.5 Å². The van der Waals surface area contributed by atoms with Gasteiger partial charge in [-0.1, -0.05) is 70.8 Å². The van der Waals surface area contributed by atoms with Crippen molar-refractivity contribution in [1.82, 2.24) is 0 Å². The van der Waals surface area contributed by atoms with Crippen molar-refractivity contribution < 1.29 is 21.6 Å². The normalized spacial score (nSPS) is 38.6. The third kappa shape index (κ3) is 2.50. The van der Waals surface area contributed by atoms with Crippen LogP contribution in [0.4, 0.5) is 0 Å². The van der Waals surface area contributed by atoms with E-state index >= 15 is 0 Å². The third-order valence-corrected chi connectivity index (χ3v) is 14.2. The predicted octanol–water partition coefficient (Wildman–Crippen LogP) is 4.93. The fourth-order valence-electron chi connectivity index (χ4n) is 8.60. The Labute approximate surface area is 218 Å². The van der Waals surface area contributed by atoms with Crippen molar-refractivity contribution in [2.45, 2.75) is 59.2 Å². The second-order valence-corrected chi connectivity index (χ2v) is 15.8. The Kier molecular flexibility index (Phi) is 4.55. The molecule has 2 aromatic carbocycles. The van der Waals surface area contributed by atoms with E-state index < -0.39 is 53.2 Å². The molecule has 4 fully saturated rings. The summed E-state index contributed by atoms with van der Waals surface area (Å²) >= 11 is 0. The van der Waals surface area contributed by atoms with Gasteiger partial charge in [-0.2, -0.15) is 0 Å². The maximum atomic E-state index is 14.5. The van der Waals surface area contributed by atoms with E-state index in [9.17, 15) is 16.8 Å². The number of rotatable bonds is 4. The summed E-state index contributed by atoms with van der Waals surface area (Å²) in [5, 5.41) is -2.26. The first-order valence-electron chi connectivity index (χ1n) is 12.8. The lowest BCUT2D eigenvalue weighted by Gasteiger charge is -2.36. The first kappa shape index (κ1) is 23.6. The van der Waals surface area contributed by atoms with Crippen LogP contribution in [0.15, 0.2) is 105 Å². The topological polar surface area (TPSA) is 80.8 Å². The van der Waals surface area contributed by atoms with Gasteiger partial charge in [0, 0.05) is 23.7 Å². The van der Waals surface area contributed by atoms with E-state index in [1.807, 2.05) is 13.8 Å². The van der Waals surface area contributed by atoms with Crippen LogP contribution >= 0.6 is 0 Å². The Hall–Kier alpha value is -2.48. The van der Waals surface area contributed by atoms with E-state index in [0.717, 1.165) is 11.1 Å². The van der Waals surface area contributed by atoms with Gasteiger partial charge in [-0.3, -0.25) is 0 Å². The van der Waals surface area contributed by atoms with Gasteiger partial charge in [0.15, 0.2) is 19.7 Å². The molecule has 4 aliphatic carbocycles. The van der Waals surface area contributed by atoms with Crippen LogP contribution in [0.25, 0.3) is 0 Å². The number of sulfone groups is 2. The molecule has 192 valence electrons. The number of benzene rings is 2. The summed E-state index contributed by atoms with van der Waals surface area (Å²) in [4.78, 5) is 0.329. The maximum Gasteiger partial charge on any atom is 0.183 e. The third-order valence-electron chi connectivity index (χ3n) is 9.59. The molecule has 0 radical (unpaired) electrons. The Morgan fingerprint density at radius 3 is 1.35 bits per heavy atom. The molecule has 1 heterocycles. The monoisotopic (exact) mass is 534 g/mol. The van der Waals surface area contributed by atoms with Crippen LogP contribution in [0.3, 0.4) is 0 Å². The van der Waals surface area contributed by atoms with Gasteiger partial charge in [0.1, 0.15) is 11.2 Å². The molecular formula is C30H30O5S2. The highest BCUT2D eigenvalue weighted by molar-refractivity contribution is 7.96. The standard InChI is InChI=1S/C30H30O5S2/c1-17(2)23-21-15-16-22(23)30-26-24(18(3)4)25(29(21,30)35-30)27(36(31,32)19-11-7-5-8-12-19)28(26)37(33,34)20-13-9-6-10-14-20/h5-16,21-22,25-28H,1-4H3/t21-,22-,25+,26+,27-,28+,29+,30-/m1/s1. The van der Waals surface area contributed by atoms with Crippen molar-refractivity contribution in [1.29, 1.82) is 0 Å². The molecule has 0 aromatic heterocycles. The average molecular weight is 535 g/mol. The van der Waals surface area contributed by atoms with Crippen LogP contribution < -0.4 is 0 Å². The molecule has 0 unspecified atom stereocenters. The van der Waals surface area contributed by atoms with Gasteiger partial charge in [-0.25, -0.2) is 16.8 Å². The molecule has 37 heavy (non-hydrogen) atoms. The molecule has 4 bridgehead atoms. The highest BCUT2D eigenvalue weighted by Crippen LogP contribution is 2.86. The largest absolute Gasteiger partial charge is 0.359 e. The molecule has 2 aromatic rings. The van der Waals surface area contributed by atoms with E-state index in [1.54, 1.807) is 60.7 Å². The minimum Gasteiger partial charge on any atom is -0.359 e. The highest BCUT2D eigenvalue weighted by Gasteiger charge is 2.97. The Balaban J connectivity index is 1.54. The molecule has 3 saturated carbocycles. The van der Waals surface area contributed by atoms with Crippen molar-refractivity contribution >= 4 is 19.7 Å². The summed E-state index contributed by atoms with van der Waals surface area (Å²) in [6, 6.07) is 16.6. The van der Waals surface area contributed by atoms with Gasteiger partial charge in [0.2, 0.25) is 0 Å². The van der Waals surface area contributed by atoms with Crippen LogP contribution in [0, 0.1) is 23.7 Å². The second-order valence-electron chi connectivity index (χ2n) is 11.5. The minimum absolute atomic E-state index is 0.0271. The van der Waals surface area contributed by atoms with Crippen LogP contribution in [0.2, 0.25) is 0 Å². The van der Waals surface area contributed by atoms with Crippen molar-refractivity contribution in [3.63, 3.8) is 0 Å². The first-order chi connectivity index (χ1) is 17.5. The Morgan fingerprint density at radius 1 is 0.622 bits per heavy atom. The van der Waals surface area contributed by atoms with Crippen LogP contribution in [-0.2, 0) is 24.4 Å². The fraction of sp³-hybridized carbons (Fsp3) is 0.400. The van der Waals surface area contributed by atoms with Crippen LogP contribution in [0.5, 0.6) is 0 Å². The molecule has 0 spiro atoms. The lowest BCUT2D eigenvalue weighted by molar-refractivity contribution is 0.149. The van der Waals surface area contributed by atoms with Gasteiger partial charge in [-0.15, -0.1) is 0 Å². The smallest absolute Gasteiger partial charge is 0.183 e. The molecule has 1 aliphatic heterocycles. The Morgan fingerprint density at radius 2 is 1.00 bits per heavy atom. The number of allylic oxidation sites excluding steroid dienone is 2. The Bertz CT molecular complexity index is 1540. The van der Waals surface area contributed by atoms with E-state index in [4.69, 9.17) is 4.74 Å². The van der Waals surface area contributed by atoms with Crippen molar-refractivity contribution in [2.24, 2.45) is 23.7 Å². The zero-order chi connectivity index (χ0) is 26.1. The molecule has 1 saturated heterocycles. The minimum atomic E-state index is -4.02. The highest BCUT2D eigenvalue weighted by atomic mass is 32.2. The quantitative estimate of drug-likeness (QED) is 0.411. The second kappa shape index (κ2) is 7.13. The summed E-state index contributed by atoms with van der Waals surface area (Å²) < 4.78 is 64.7. The lowest BCUT2D eigenvalue weighted by atomic mass is 9.73. The van der Waals surface area contributed by atoms with Crippen molar-refractivity contribution in [3.05, 3.63) is 95.1 Å². The van der Waals surface area contributed by atoms with Gasteiger partial charge in [-0.05, 0) is 52.0 Å². The predicted molar refractivity (Wildman–Crippen MR) is 141 cm³/mol. The van der Waals surface area contributed by atoms with Crippen molar-refractivity contribution in [3.8, 4) is 0 Å². The van der Waals surface area contributed by atoms with Crippen molar-refractivity contribution in [2.75, 3.05) is 0 Å². The van der Waals surface area contributed by atoms with Crippen LogP contribution in [0.1, 0.15) is 27.7 Å². The number of fused-ring (bicyclic) bond motifs is 4. The van der Waals surface area contributed by atoms with Gasteiger partial charge >= 0.3 is 0 Å². The molecular weight excluding hydrogens is 504 g/mol. The first-order valence-corrected chi connectivity index (χ1v) is 15.9. The van der Waals surface area contributed by atoms with Gasteiger partial charge in [0.05, 0.1) is 20.3 Å². The van der Waals surface area contributed by atoms with E-state index in [1.165, 1.54) is 11.1 Å². The summed E-state index contributed by atoms with van der Waals surface area (Å²) in [6.45, 7) is 8.17. The summed E-state index contributed by atoms with van der Waals surface area (Å²) in [6.07, 6.45) is 4.35. The maximum absolute atomic E-state index is 14.5. The van der Waals surface area contributed by atoms with Gasteiger partial charge in [0.25, 0.3) is 0 Å². The molecule has 5 aliphatic rings. The molecule has 8 atom stereocenters. The number of ether oxygens (including phenoxy) is 1. The molecule has 7 heteroatoms. The lowest BCUT2D eigenvalue weighted by Crippen LogP contribution is -2.54.